The van der Waals surface area contributed by atoms with Crippen LogP contribution in [0, 0.1) is 0 Å². The van der Waals surface area contributed by atoms with Crippen LogP contribution in [-0.4, -0.2) is 21.6 Å². The number of hydrogen-bond donors (Lipinski definition) is 0. The quantitative estimate of drug-likeness (QED) is 0.300. The summed E-state index contributed by atoms with van der Waals surface area (Å²) in [4.78, 5) is 0. The minimum atomic E-state index is -4.54. The summed E-state index contributed by atoms with van der Waals surface area (Å²) in [5.74, 6) is 0. The van der Waals surface area contributed by atoms with Crippen LogP contribution in [0.25, 0.3) is 12.2 Å². The average Bonchev–Trinajstić information content (AvgIpc) is 3.21. The molecule has 0 spiro atoms. The molecule has 0 fully saturated rings. The molecule has 2 aromatic carbocycles. The second-order valence-electron chi connectivity index (χ2n) is 13.0. The van der Waals surface area contributed by atoms with Crippen LogP contribution < -0.4 is 10.4 Å². The first kappa shape index (κ1) is 27.1. The summed E-state index contributed by atoms with van der Waals surface area (Å²) in [6.45, 7) is 24.0. The molecule has 2 aliphatic rings. The van der Waals surface area contributed by atoms with Crippen LogP contribution in [0.15, 0.2) is 47.5 Å². The van der Waals surface area contributed by atoms with E-state index >= 15 is 0 Å². The van der Waals surface area contributed by atoms with Crippen molar-refractivity contribution in [1.29, 1.82) is 0 Å². The third-order valence-corrected chi connectivity index (χ3v) is 59.3. The van der Waals surface area contributed by atoms with Crippen molar-refractivity contribution in [1.82, 2.24) is 0 Å². The Morgan fingerprint density at radius 2 is 1.03 bits per heavy atom. The van der Waals surface area contributed by atoms with Gasteiger partial charge in [0.2, 0.25) is 0 Å². The second kappa shape index (κ2) is 8.53. The van der Waals surface area contributed by atoms with Gasteiger partial charge in [0.05, 0.1) is 0 Å². The van der Waals surface area contributed by atoms with Crippen molar-refractivity contribution in [2.75, 3.05) is 0 Å². The van der Waals surface area contributed by atoms with Crippen molar-refractivity contribution in [2.45, 2.75) is 73.5 Å². The Morgan fingerprint density at radius 1 is 0.676 bits per heavy atom. The van der Waals surface area contributed by atoms with Crippen LogP contribution in [0.4, 0.5) is 0 Å². The van der Waals surface area contributed by atoms with Crippen molar-refractivity contribution in [2.24, 2.45) is 0 Å². The van der Waals surface area contributed by atoms with Gasteiger partial charge >= 0.3 is 219 Å². The van der Waals surface area contributed by atoms with Crippen LogP contribution >= 0.6 is 17.0 Å². The van der Waals surface area contributed by atoms with Gasteiger partial charge in [-0.1, -0.05) is 0 Å². The predicted octanol–water partition coefficient (Wildman–Crippen LogP) is 8.64. The molecule has 2 unspecified atom stereocenters. The Kier molecular flexibility index (Phi) is 6.79. The van der Waals surface area contributed by atoms with E-state index in [1.54, 1.807) is 0 Å². The van der Waals surface area contributed by atoms with E-state index in [-0.39, 0.29) is 7.25 Å². The van der Waals surface area contributed by atoms with Crippen molar-refractivity contribution >= 4 is 61.1 Å². The topological polar surface area (TPSA) is 0 Å². The standard InChI is InChI=1S/2C13H17Si.C2H6Si.2ClH.Zr/c2*1-10-7-11-5-6-13(14(2,3)4)9-12(11)8-10;1-3-2;;;/h2*5-9H,1-4H3;1-2H3;2*1H;/q;;;;;+2/p-2. The van der Waals surface area contributed by atoms with Crippen LogP contribution in [0.2, 0.25) is 52.4 Å². The number of allylic oxidation sites excluding steroid dienone is 2. The van der Waals surface area contributed by atoms with Crippen molar-refractivity contribution in [3.8, 4) is 0 Å². The van der Waals surface area contributed by atoms with Gasteiger partial charge in [0.1, 0.15) is 0 Å². The molecule has 4 rings (SSSR count). The monoisotopic (exact) mass is 620 g/mol. The van der Waals surface area contributed by atoms with Crippen molar-refractivity contribution in [3.63, 3.8) is 0 Å². The van der Waals surface area contributed by atoms with Gasteiger partial charge in [-0.15, -0.1) is 0 Å². The molecule has 6 heteroatoms. The zero-order valence-corrected chi connectivity index (χ0v) is 29.5. The molecule has 2 aliphatic carbocycles. The Bertz CT molecular complexity index is 1230. The van der Waals surface area contributed by atoms with Crippen LogP contribution in [-0.2, 0) is 15.0 Å². The number of benzene rings is 2. The summed E-state index contributed by atoms with van der Waals surface area (Å²) in [5, 5.41) is 3.01. The van der Waals surface area contributed by atoms with E-state index in [1.807, 2.05) is 0 Å². The summed E-state index contributed by atoms with van der Waals surface area (Å²) in [6, 6.07) is 14.4. The number of rotatable bonds is 4. The van der Waals surface area contributed by atoms with E-state index in [0.29, 0.717) is 0 Å². The molecular weight excluding hydrogens is 583 g/mol. The molecule has 2 atom stereocenters. The maximum absolute atomic E-state index is 8.28. The van der Waals surface area contributed by atoms with Gasteiger partial charge in [0.15, 0.2) is 0 Å². The predicted molar refractivity (Wildman–Crippen MR) is 161 cm³/mol. The molecule has 0 bridgehead atoms. The summed E-state index contributed by atoms with van der Waals surface area (Å²) < 4.78 is 0.379. The third-order valence-electron chi connectivity index (χ3n) is 8.22. The van der Waals surface area contributed by atoms with Gasteiger partial charge < -0.3 is 0 Å². The first-order valence-electron chi connectivity index (χ1n) is 12.5. The Hall–Kier alpha value is 0.0338. The number of hydrogen-bond acceptors (Lipinski definition) is 0. The van der Waals surface area contributed by atoms with E-state index in [2.05, 4.69) is 115 Å². The summed E-state index contributed by atoms with van der Waals surface area (Å²) in [5.41, 5.74) is 7.28. The first-order chi connectivity index (χ1) is 15.5. The van der Waals surface area contributed by atoms with Crippen LogP contribution in [0.1, 0.15) is 43.4 Å². The zero-order chi connectivity index (χ0) is 25.5. The van der Waals surface area contributed by atoms with E-state index in [0.717, 1.165) is 0 Å². The van der Waals surface area contributed by atoms with Crippen LogP contribution in [0.5, 0.6) is 0 Å². The van der Waals surface area contributed by atoms with Gasteiger partial charge in [0.25, 0.3) is 0 Å². The van der Waals surface area contributed by atoms with Gasteiger partial charge in [-0.25, -0.2) is 0 Å². The van der Waals surface area contributed by atoms with E-state index in [9.17, 15) is 0 Å². The Balaban J connectivity index is 2.02. The molecule has 0 nitrogen and oxygen atoms in total. The summed E-state index contributed by atoms with van der Waals surface area (Å²) >= 11 is -4.54. The first-order valence-corrected chi connectivity index (χ1v) is 34.8. The summed E-state index contributed by atoms with van der Waals surface area (Å²) in [6.07, 6.45) is 4.76. The third kappa shape index (κ3) is 4.17. The van der Waals surface area contributed by atoms with Gasteiger partial charge in [0, 0.05) is 0 Å². The van der Waals surface area contributed by atoms with E-state index in [1.165, 1.54) is 43.8 Å². The molecule has 0 heterocycles. The molecule has 0 radical (unpaired) electrons. The second-order valence-corrected chi connectivity index (χ2v) is 61.9. The van der Waals surface area contributed by atoms with E-state index < -0.39 is 36.6 Å². The van der Waals surface area contributed by atoms with Gasteiger partial charge in [-0.3, -0.25) is 0 Å². The molecule has 0 aromatic heterocycles. The molecule has 182 valence electrons. The number of halogens is 2. The Morgan fingerprint density at radius 3 is 1.32 bits per heavy atom. The van der Waals surface area contributed by atoms with Crippen LogP contribution in [0.3, 0.4) is 0 Å². The molecule has 0 aliphatic heterocycles. The zero-order valence-electron chi connectivity index (χ0n) is 22.5. The fourth-order valence-electron chi connectivity index (χ4n) is 6.14. The normalized spacial score (nSPS) is 20.6. The van der Waals surface area contributed by atoms with Crippen molar-refractivity contribution in [3.05, 3.63) is 69.8 Å². The van der Waals surface area contributed by atoms with E-state index in [4.69, 9.17) is 17.0 Å². The fraction of sp³-hybridized carbons (Fsp3) is 0.429. The molecule has 2 aromatic rings. The van der Waals surface area contributed by atoms with Gasteiger partial charge in [-0.05, 0) is 0 Å². The molecule has 0 saturated heterocycles. The SMILES string of the molecule is CC1=Cc2ccc([Si](C)(C)C)cc2[CH]1[Zr]([Cl])([Cl])([CH]1C(C)=Cc2ccc([Si](C)(C)C)cc21)=[Si](C)C. The molecule has 0 N–H and O–H groups in total. The van der Waals surface area contributed by atoms with Gasteiger partial charge in [-0.2, -0.15) is 0 Å². The maximum atomic E-state index is 8.28. The number of fused-ring (bicyclic) bond motifs is 2. The molecular formula is C28H40Cl2Si3Zr. The summed E-state index contributed by atoms with van der Waals surface area (Å²) in [7, 11) is 13.7. The average molecular weight is 623 g/mol. The molecule has 0 amide bonds. The van der Waals surface area contributed by atoms with Crippen molar-refractivity contribution < 1.29 is 15.0 Å². The molecule has 34 heavy (non-hydrogen) atoms. The molecule has 0 saturated carbocycles. The minimum absolute atomic E-state index is 0.190. The Labute approximate surface area is 217 Å². The fourth-order valence-corrected chi connectivity index (χ4v) is 38.9.